The molecule has 1 aromatic carbocycles. The largest absolute Gasteiger partial charge is 0.463 e. The number of sulfonamides is 1. The summed E-state index contributed by atoms with van der Waals surface area (Å²) in [7, 11) is -2.42. The molecule has 8 nitrogen and oxygen atoms in total. The van der Waals surface area contributed by atoms with Crippen LogP contribution in [0.1, 0.15) is 19.4 Å². The number of rotatable bonds is 6. The van der Waals surface area contributed by atoms with Gasteiger partial charge in [0.05, 0.1) is 4.90 Å². The summed E-state index contributed by atoms with van der Waals surface area (Å²) in [5.74, 6) is -1.05. The van der Waals surface area contributed by atoms with E-state index in [0.717, 1.165) is 9.87 Å². The Hall–Kier alpha value is -2.23. The number of carbonyl (C=O) groups is 2. The van der Waals surface area contributed by atoms with Crippen molar-refractivity contribution in [2.24, 2.45) is 0 Å². The Labute approximate surface area is 158 Å². The number of nitrogens with zero attached hydrogens (tertiary/aromatic N) is 1. The molecule has 2 rings (SSSR count). The van der Waals surface area contributed by atoms with Crippen molar-refractivity contribution >= 4 is 22.0 Å². The first kappa shape index (κ1) is 21.1. The summed E-state index contributed by atoms with van der Waals surface area (Å²) in [4.78, 5) is 22.5. The van der Waals surface area contributed by atoms with E-state index in [1.807, 2.05) is 6.92 Å². The summed E-state index contributed by atoms with van der Waals surface area (Å²) < 4.78 is 42.5. The summed E-state index contributed by atoms with van der Waals surface area (Å²) in [5, 5.41) is 0. The molecule has 0 saturated carbocycles. The molecule has 1 aromatic rings. The summed E-state index contributed by atoms with van der Waals surface area (Å²) in [6, 6.07) is 6.45. The van der Waals surface area contributed by atoms with Crippen LogP contribution in [0.3, 0.4) is 0 Å². The first-order valence-electron chi connectivity index (χ1n) is 8.30. The van der Waals surface area contributed by atoms with Gasteiger partial charge in [-0.15, -0.1) is 0 Å². The first-order chi connectivity index (χ1) is 12.6. The number of carbonyl (C=O) groups excluding carboxylic acids is 2. The highest BCUT2D eigenvalue weighted by Gasteiger charge is 2.36. The Morgan fingerprint density at radius 3 is 2.30 bits per heavy atom. The van der Waals surface area contributed by atoms with Gasteiger partial charge in [-0.3, -0.25) is 9.59 Å². The smallest absolute Gasteiger partial charge is 0.303 e. The van der Waals surface area contributed by atoms with Gasteiger partial charge in [0.25, 0.3) is 0 Å². The molecule has 27 heavy (non-hydrogen) atoms. The van der Waals surface area contributed by atoms with Crippen molar-refractivity contribution < 1.29 is 32.2 Å². The van der Waals surface area contributed by atoms with E-state index in [-0.39, 0.29) is 11.5 Å². The second-order valence-electron chi connectivity index (χ2n) is 6.16. The van der Waals surface area contributed by atoms with Crippen LogP contribution < -0.4 is 0 Å². The van der Waals surface area contributed by atoms with Crippen LogP contribution in [0, 0.1) is 6.92 Å². The molecule has 3 atom stereocenters. The average Bonchev–Trinajstić information content (AvgIpc) is 2.60. The van der Waals surface area contributed by atoms with Gasteiger partial charge in [-0.1, -0.05) is 17.7 Å². The van der Waals surface area contributed by atoms with Crippen LogP contribution in [0.4, 0.5) is 0 Å². The van der Waals surface area contributed by atoms with Crippen molar-refractivity contribution in [2.45, 2.75) is 44.1 Å². The lowest BCUT2D eigenvalue weighted by molar-refractivity contribution is -0.168. The zero-order valence-electron chi connectivity index (χ0n) is 15.6. The van der Waals surface area contributed by atoms with Crippen LogP contribution in [-0.2, 0) is 33.8 Å². The van der Waals surface area contributed by atoms with Gasteiger partial charge in [0.15, 0.2) is 0 Å². The molecule has 0 spiro atoms. The van der Waals surface area contributed by atoms with E-state index >= 15 is 0 Å². The molecule has 0 fully saturated rings. The minimum atomic E-state index is -3.81. The summed E-state index contributed by atoms with van der Waals surface area (Å²) in [6.07, 6.45) is 0.467. The molecule has 148 valence electrons. The van der Waals surface area contributed by atoms with Crippen LogP contribution in [0.2, 0.25) is 0 Å². The van der Waals surface area contributed by atoms with Crippen LogP contribution in [-0.4, -0.2) is 56.8 Å². The molecule has 0 N–H and O–H groups in total. The predicted octanol–water partition coefficient (Wildman–Crippen LogP) is 1.39. The van der Waals surface area contributed by atoms with E-state index in [1.54, 1.807) is 12.1 Å². The Balaban J connectivity index is 2.22. The number of aryl methyl sites for hydroxylation is 1. The minimum absolute atomic E-state index is 0.131. The van der Waals surface area contributed by atoms with Gasteiger partial charge in [0.2, 0.25) is 10.0 Å². The molecule has 0 amide bonds. The van der Waals surface area contributed by atoms with Crippen LogP contribution in [0.5, 0.6) is 0 Å². The molecule has 0 unspecified atom stereocenters. The fraction of sp³-hybridized carbons (Fsp3) is 0.444. The minimum Gasteiger partial charge on any atom is -0.463 e. The maximum absolute atomic E-state index is 12.8. The Bertz CT molecular complexity index is 817. The second kappa shape index (κ2) is 8.64. The van der Waals surface area contributed by atoms with E-state index in [0.29, 0.717) is 0 Å². The molecular weight excluding hydrogens is 374 g/mol. The Kier molecular flexibility index (Phi) is 6.74. The summed E-state index contributed by atoms with van der Waals surface area (Å²) in [5.41, 5.74) is 0.941. The lowest BCUT2D eigenvalue weighted by Gasteiger charge is -2.35. The maximum Gasteiger partial charge on any atom is 0.303 e. The van der Waals surface area contributed by atoms with Crippen molar-refractivity contribution in [1.29, 1.82) is 0 Å². The Morgan fingerprint density at radius 2 is 1.74 bits per heavy atom. The van der Waals surface area contributed by atoms with Gasteiger partial charge in [0.1, 0.15) is 25.0 Å². The fourth-order valence-corrected chi connectivity index (χ4v) is 3.70. The molecule has 1 aliphatic heterocycles. The second-order valence-corrected chi connectivity index (χ2v) is 8.16. The number of benzene rings is 1. The quantitative estimate of drug-likeness (QED) is 0.528. The highest BCUT2D eigenvalue weighted by molar-refractivity contribution is 7.89. The van der Waals surface area contributed by atoms with Crippen molar-refractivity contribution in [2.75, 3.05) is 13.7 Å². The molecule has 0 radical (unpaired) electrons. The third-order valence-corrected chi connectivity index (χ3v) is 5.79. The molecule has 0 aromatic heterocycles. The monoisotopic (exact) mass is 397 g/mol. The predicted molar refractivity (Wildman–Crippen MR) is 96.1 cm³/mol. The highest BCUT2D eigenvalue weighted by atomic mass is 32.2. The molecule has 9 heteroatoms. The molecular formula is C18H23NO7S. The van der Waals surface area contributed by atoms with Crippen molar-refractivity contribution in [3.8, 4) is 0 Å². The van der Waals surface area contributed by atoms with Gasteiger partial charge in [0, 0.05) is 20.9 Å². The SMILES string of the molecule is CC(=O)OC[C@H]1O[C@H](N(C)S(=O)(=O)c2ccc(C)cc2)C=C[C@H]1OC(C)=O. The zero-order valence-corrected chi connectivity index (χ0v) is 16.4. The number of likely N-dealkylation sites (N-methyl/N-ethyl adjacent to an activating group) is 1. The number of esters is 2. The number of hydrogen-bond acceptors (Lipinski definition) is 7. The van der Waals surface area contributed by atoms with Crippen LogP contribution >= 0.6 is 0 Å². The molecule has 1 aliphatic rings. The normalized spacial score (nSPS) is 22.5. The zero-order chi connectivity index (χ0) is 20.2. The van der Waals surface area contributed by atoms with Gasteiger partial charge < -0.3 is 14.2 Å². The number of hydrogen-bond donors (Lipinski definition) is 0. The van der Waals surface area contributed by atoms with Crippen molar-refractivity contribution in [1.82, 2.24) is 4.31 Å². The highest BCUT2D eigenvalue weighted by Crippen LogP contribution is 2.24. The topological polar surface area (TPSA) is 99.2 Å². The fourth-order valence-electron chi connectivity index (χ4n) is 2.49. The van der Waals surface area contributed by atoms with Gasteiger partial charge >= 0.3 is 11.9 Å². The van der Waals surface area contributed by atoms with E-state index in [9.17, 15) is 18.0 Å². The summed E-state index contributed by atoms with van der Waals surface area (Å²) in [6.45, 7) is 4.18. The van der Waals surface area contributed by atoms with Crippen molar-refractivity contribution in [3.63, 3.8) is 0 Å². The third kappa shape index (κ3) is 5.38. The number of ether oxygens (including phenoxy) is 3. The molecule has 1 heterocycles. The molecule has 0 saturated heterocycles. The van der Waals surface area contributed by atoms with E-state index < -0.39 is 40.4 Å². The van der Waals surface area contributed by atoms with Crippen molar-refractivity contribution in [3.05, 3.63) is 42.0 Å². The summed E-state index contributed by atoms with van der Waals surface area (Å²) >= 11 is 0. The lowest BCUT2D eigenvalue weighted by Crippen LogP contribution is -2.47. The van der Waals surface area contributed by atoms with E-state index in [4.69, 9.17) is 14.2 Å². The molecule has 0 bridgehead atoms. The maximum atomic E-state index is 12.8. The van der Waals surface area contributed by atoms with E-state index in [2.05, 4.69) is 0 Å². The van der Waals surface area contributed by atoms with E-state index in [1.165, 1.54) is 45.2 Å². The van der Waals surface area contributed by atoms with Gasteiger partial charge in [-0.2, -0.15) is 4.31 Å². The van der Waals surface area contributed by atoms with Crippen LogP contribution in [0.25, 0.3) is 0 Å². The third-order valence-electron chi connectivity index (χ3n) is 3.96. The molecule has 0 aliphatic carbocycles. The van der Waals surface area contributed by atoms with Gasteiger partial charge in [-0.25, -0.2) is 8.42 Å². The van der Waals surface area contributed by atoms with Crippen LogP contribution in [0.15, 0.2) is 41.3 Å². The average molecular weight is 397 g/mol. The standard InChI is InChI=1S/C18H23NO7S/c1-12-5-7-15(8-6-12)27(22,23)19(4)18-10-9-16(25-14(3)21)17(26-18)11-24-13(2)20/h5-10,16-18H,11H2,1-4H3/t16-,17-,18+/m1/s1. The Morgan fingerprint density at radius 1 is 1.11 bits per heavy atom. The van der Waals surface area contributed by atoms with Gasteiger partial charge in [-0.05, 0) is 31.2 Å². The first-order valence-corrected chi connectivity index (χ1v) is 9.74. The lowest BCUT2D eigenvalue weighted by atomic mass is 10.1.